The standard InChI is InChI=1S/C9H19NO4/c1-7(9(13-3)14-4)10-6-5-8(11)12-2/h7,9-10H,5-6H2,1-4H3. The molecule has 0 saturated carbocycles. The van der Waals surface area contributed by atoms with Crippen molar-refractivity contribution >= 4 is 5.97 Å². The summed E-state index contributed by atoms with van der Waals surface area (Å²) in [6, 6.07) is 0.0367. The summed E-state index contributed by atoms with van der Waals surface area (Å²) in [6.45, 7) is 2.48. The molecular weight excluding hydrogens is 186 g/mol. The zero-order valence-electron chi connectivity index (χ0n) is 9.20. The van der Waals surface area contributed by atoms with Crippen LogP contribution in [-0.2, 0) is 19.0 Å². The Labute approximate surface area is 84.7 Å². The molecule has 14 heavy (non-hydrogen) atoms. The number of rotatable bonds is 7. The maximum Gasteiger partial charge on any atom is 0.306 e. The fourth-order valence-electron chi connectivity index (χ4n) is 1.10. The number of nitrogens with one attached hydrogen (secondary N) is 1. The van der Waals surface area contributed by atoms with E-state index in [4.69, 9.17) is 9.47 Å². The van der Waals surface area contributed by atoms with Crippen molar-refractivity contribution in [2.75, 3.05) is 27.9 Å². The van der Waals surface area contributed by atoms with Crippen molar-refractivity contribution in [1.82, 2.24) is 5.32 Å². The van der Waals surface area contributed by atoms with Crippen LogP contribution in [0.4, 0.5) is 0 Å². The van der Waals surface area contributed by atoms with Crippen molar-refractivity contribution in [2.24, 2.45) is 0 Å². The van der Waals surface area contributed by atoms with Crippen molar-refractivity contribution in [2.45, 2.75) is 25.7 Å². The number of carbonyl (C=O) groups excluding carboxylic acids is 1. The first-order chi connectivity index (χ1) is 6.65. The van der Waals surface area contributed by atoms with Gasteiger partial charge in [-0.05, 0) is 6.92 Å². The SMILES string of the molecule is COC(=O)CCNC(C)C(OC)OC. The van der Waals surface area contributed by atoms with Gasteiger partial charge in [0, 0.05) is 20.8 Å². The molecule has 0 amide bonds. The van der Waals surface area contributed by atoms with Gasteiger partial charge >= 0.3 is 5.97 Å². The van der Waals surface area contributed by atoms with Crippen LogP contribution in [0.15, 0.2) is 0 Å². The first kappa shape index (κ1) is 13.4. The molecule has 1 atom stereocenters. The molecule has 0 radical (unpaired) electrons. The first-order valence-electron chi connectivity index (χ1n) is 4.51. The quantitative estimate of drug-likeness (QED) is 0.473. The summed E-state index contributed by atoms with van der Waals surface area (Å²) in [5.74, 6) is -0.226. The summed E-state index contributed by atoms with van der Waals surface area (Å²) in [4.78, 5) is 10.8. The minimum atomic E-state index is -0.298. The first-order valence-corrected chi connectivity index (χ1v) is 4.51. The van der Waals surface area contributed by atoms with Gasteiger partial charge in [-0.15, -0.1) is 0 Å². The van der Waals surface area contributed by atoms with Gasteiger partial charge in [0.25, 0.3) is 0 Å². The molecule has 0 fully saturated rings. The molecule has 0 heterocycles. The van der Waals surface area contributed by atoms with Crippen LogP contribution in [0.5, 0.6) is 0 Å². The zero-order chi connectivity index (χ0) is 11.0. The Hall–Kier alpha value is -0.650. The lowest BCUT2D eigenvalue weighted by molar-refractivity contribution is -0.141. The van der Waals surface area contributed by atoms with E-state index < -0.39 is 0 Å². The summed E-state index contributed by atoms with van der Waals surface area (Å²) in [7, 11) is 4.53. The molecule has 1 unspecified atom stereocenters. The Morgan fingerprint density at radius 1 is 1.29 bits per heavy atom. The van der Waals surface area contributed by atoms with Gasteiger partial charge in [-0.1, -0.05) is 0 Å². The molecule has 0 aromatic heterocycles. The second-order valence-electron chi connectivity index (χ2n) is 2.91. The Bertz CT molecular complexity index is 159. The topological polar surface area (TPSA) is 56.8 Å². The number of hydrogen-bond donors (Lipinski definition) is 1. The van der Waals surface area contributed by atoms with E-state index in [2.05, 4.69) is 10.1 Å². The molecule has 0 aliphatic heterocycles. The number of carbonyl (C=O) groups is 1. The highest BCUT2D eigenvalue weighted by Gasteiger charge is 2.14. The van der Waals surface area contributed by atoms with Crippen molar-refractivity contribution in [3.8, 4) is 0 Å². The predicted molar refractivity (Wildman–Crippen MR) is 51.9 cm³/mol. The molecular formula is C9H19NO4. The Morgan fingerprint density at radius 2 is 1.86 bits per heavy atom. The van der Waals surface area contributed by atoms with Crippen LogP contribution in [0.1, 0.15) is 13.3 Å². The summed E-state index contributed by atoms with van der Waals surface area (Å²) < 4.78 is 14.6. The molecule has 0 bridgehead atoms. The fourth-order valence-corrected chi connectivity index (χ4v) is 1.10. The average Bonchev–Trinajstić information content (AvgIpc) is 2.19. The van der Waals surface area contributed by atoms with E-state index in [-0.39, 0.29) is 18.3 Å². The molecule has 84 valence electrons. The Morgan fingerprint density at radius 3 is 2.29 bits per heavy atom. The Kier molecular flexibility index (Phi) is 7.37. The maximum absolute atomic E-state index is 10.8. The number of ether oxygens (including phenoxy) is 3. The van der Waals surface area contributed by atoms with Crippen molar-refractivity contribution in [1.29, 1.82) is 0 Å². The molecule has 1 N–H and O–H groups in total. The van der Waals surface area contributed by atoms with Crippen molar-refractivity contribution in [3.63, 3.8) is 0 Å². The van der Waals surface area contributed by atoms with Gasteiger partial charge in [0.15, 0.2) is 6.29 Å². The third kappa shape index (κ3) is 5.16. The van der Waals surface area contributed by atoms with E-state index in [1.54, 1.807) is 14.2 Å². The van der Waals surface area contributed by atoms with Crippen molar-refractivity contribution in [3.05, 3.63) is 0 Å². The minimum Gasteiger partial charge on any atom is -0.469 e. The van der Waals surface area contributed by atoms with Crippen LogP contribution < -0.4 is 5.32 Å². The molecule has 0 aromatic carbocycles. The van der Waals surface area contributed by atoms with Crippen molar-refractivity contribution < 1.29 is 19.0 Å². The fraction of sp³-hybridized carbons (Fsp3) is 0.889. The van der Waals surface area contributed by atoms with E-state index in [1.807, 2.05) is 6.92 Å². The molecule has 5 nitrogen and oxygen atoms in total. The minimum absolute atomic E-state index is 0.0367. The van der Waals surface area contributed by atoms with Gasteiger partial charge in [-0.2, -0.15) is 0 Å². The van der Waals surface area contributed by atoms with Gasteiger partial charge in [0.1, 0.15) is 0 Å². The lowest BCUT2D eigenvalue weighted by atomic mass is 10.3. The highest BCUT2D eigenvalue weighted by molar-refractivity contribution is 5.69. The monoisotopic (exact) mass is 205 g/mol. The molecule has 0 aliphatic carbocycles. The number of esters is 1. The van der Waals surface area contributed by atoms with Crippen LogP contribution in [0.3, 0.4) is 0 Å². The molecule has 0 aliphatic rings. The van der Waals surface area contributed by atoms with Gasteiger partial charge in [-0.25, -0.2) is 0 Å². The van der Waals surface area contributed by atoms with Crippen LogP contribution in [0, 0.1) is 0 Å². The van der Waals surface area contributed by atoms with Gasteiger partial charge in [-0.3, -0.25) is 4.79 Å². The average molecular weight is 205 g/mol. The van der Waals surface area contributed by atoms with Crippen LogP contribution in [-0.4, -0.2) is 46.2 Å². The summed E-state index contributed by atoms with van der Waals surface area (Å²) in [6.07, 6.45) is 0.0497. The van der Waals surface area contributed by atoms with Crippen LogP contribution in [0.25, 0.3) is 0 Å². The summed E-state index contributed by atoms with van der Waals surface area (Å²) in [5.41, 5.74) is 0. The van der Waals surface area contributed by atoms with E-state index in [0.717, 1.165) is 0 Å². The molecule has 0 spiro atoms. The molecule has 0 aromatic rings. The lowest BCUT2D eigenvalue weighted by Crippen LogP contribution is -2.40. The van der Waals surface area contributed by atoms with Gasteiger partial charge in [0.05, 0.1) is 19.6 Å². The van der Waals surface area contributed by atoms with E-state index in [1.165, 1.54) is 7.11 Å². The molecule has 0 saturated heterocycles. The lowest BCUT2D eigenvalue weighted by Gasteiger charge is -2.21. The Balaban J connectivity index is 3.61. The van der Waals surface area contributed by atoms with E-state index >= 15 is 0 Å². The molecule has 5 heteroatoms. The van der Waals surface area contributed by atoms with E-state index in [0.29, 0.717) is 13.0 Å². The highest BCUT2D eigenvalue weighted by atomic mass is 16.7. The normalized spacial score (nSPS) is 12.9. The maximum atomic E-state index is 10.8. The third-order valence-corrected chi connectivity index (χ3v) is 1.90. The second kappa shape index (κ2) is 7.73. The summed E-state index contributed by atoms with van der Waals surface area (Å²) >= 11 is 0. The predicted octanol–water partition coefficient (Wildman–Crippen LogP) is 0.147. The van der Waals surface area contributed by atoms with Crippen LogP contribution in [0.2, 0.25) is 0 Å². The second-order valence-corrected chi connectivity index (χ2v) is 2.91. The number of methoxy groups -OCH3 is 3. The number of hydrogen-bond acceptors (Lipinski definition) is 5. The van der Waals surface area contributed by atoms with Gasteiger partial charge < -0.3 is 19.5 Å². The molecule has 0 rings (SSSR count). The highest BCUT2D eigenvalue weighted by Crippen LogP contribution is 1.98. The largest absolute Gasteiger partial charge is 0.469 e. The van der Waals surface area contributed by atoms with Crippen LogP contribution >= 0.6 is 0 Å². The zero-order valence-corrected chi connectivity index (χ0v) is 9.20. The van der Waals surface area contributed by atoms with E-state index in [9.17, 15) is 4.79 Å². The smallest absolute Gasteiger partial charge is 0.306 e. The summed E-state index contributed by atoms with van der Waals surface area (Å²) in [5, 5.41) is 3.10. The third-order valence-electron chi connectivity index (χ3n) is 1.90. The van der Waals surface area contributed by atoms with Gasteiger partial charge in [0.2, 0.25) is 0 Å².